The molecule has 36 heavy (non-hydrogen) atoms. The lowest BCUT2D eigenvalue weighted by Gasteiger charge is -2.19. The van der Waals surface area contributed by atoms with E-state index in [1.807, 2.05) is 22.6 Å². The van der Waals surface area contributed by atoms with E-state index in [1.165, 1.54) is 36.7 Å². The van der Waals surface area contributed by atoms with Crippen LogP contribution in [-0.2, 0) is 22.6 Å². The van der Waals surface area contributed by atoms with Crippen molar-refractivity contribution in [2.45, 2.75) is 19.6 Å². The van der Waals surface area contributed by atoms with Crippen molar-refractivity contribution in [2.75, 3.05) is 11.1 Å². The predicted octanol–water partition coefficient (Wildman–Crippen LogP) is 3.11. The minimum absolute atomic E-state index is 0.000392. The number of benzene rings is 2. The third-order valence-electron chi connectivity index (χ3n) is 5.84. The summed E-state index contributed by atoms with van der Waals surface area (Å²) in [5.41, 5.74) is -1.14. The number of aromatic amines is 1. The van der Waals surface area contributed by atoms with Crippen LogP contribution in [0.2, 0.25) is 0 Å². The zero-order valence-corrected chi connectivity index (χ0v) is 22.5. The maximum absolute atomic E-state index is 14.6. The van der Waals surface area contributed by atoms with Gasteiger partial charge in [0.1, 0.15) is 17.0 Å². The van der Waals surface area contributed by atoms with E-state index in [9.17, 15) is 27.2 Å². The van der Waals surface area contributed by atoms with Gasteiger partial charge in [-0.15, -0.1) is 0 Å². The van der Waals surface area contributed by atoms with Crippen molar-refractivity contribution in [2.24, 2.45) is 7.05 Å². The van der Waals surface area contributed by atoms with E-state index in [1.54, 1.807) is 31.2 Å². The molecule has 2 heterocycles. The number of halogens is 2. The summed E-state index contributed by atoms with van der Waals surface area (Å²) in [5, 5.41) is 2.81. The lowest BCUT2D eigenvalue weighted by atomic mass is 10.1. The number of hydrogen-bond donors (Lipinski definition) is 2. The maximum atomic E-state index is 14.6. The summed E-state index contributed by atoms with van der Waals surface area (Å²) in [6.07, 6.45) is 0. The molecule has 12 heteroatoms. The molecule has 188 valence electrons. The Balaban J connectivity index is 2.05. The molecule has 2 aromatic heterocycles. The van der Waals surface area contributed by atoms with Crippen LogP contribution >= 0.6 is 22.6 Å². The zero-order chi connectivity index (χ0) is 26.4. The summed E-state index contributed by atoms with van der Waals surface area (Å²) in [6.45, 7) is 3.03. The highest BCUT2D eigenvalue weighted by molar-refractivity contribution is 14.1. The normalized spacial score (nSPS) is 11.7. The number of aryl methyl sites for hydroxylation is 1. The maximum Gasteiger partial charge on any atom is 0.333 e. The van der Waals surface area contributed by atoms with Crippen LogP contribution in [0.1, 0.15) is 18.1 Å². The van der Waals surface area contributed by atoms with Gasteiger partial charge in [0.25, 0.3) is 11.1 Å². The number of rotatable bonds is 6. The van der Waals surface area contributed by atoms with Crippen molar-refractivity contribution >= 4 is 54.8 Å². The standard InChI is InChI=1S/C24H22FIN4O5S/c1-4-36(34,35)12-14-6-5-7-16(10-14)30-20-13(2)23(32)29(3)21(19(20)22(31)28-24(30)33)27-18-9-8-15(26)11-17(18)25/h5-11,27H,4,12H2,1-3H3,(H,28,31,33). The highest BCUT2D eigenvalue weighted by Gasteiger charge is 2.21. The van der Waals surface area contributed by atoms with E-state index >= 15 is 0 Å². The molecule has 0 aliphatic rings. The van der Waals surface area contributed by atoms with E-state index in [4.69, 9.17) is 0 Å². The fourth-order valence-corrected chi connectivity index (χ4v) is 5.33. The summed E-state index contributed by atoms with van der Waals surface area (Å²) < 4.78 is 41.9. The predicted molar refractivity (Wildman–Crippen MR) is 146 cm³/mol. The Bertz CT molecular complexity index is 1810. The van der Waals surface area contributed by atoms with Crippen LogP contribution in [0.5, 0.6) is 0 Å². The first-order valence-electron chi connectivity index (χ1n) is 10.8. The second-order valence-electron chi connectivity index (χ2n) is 8.25. The van der Waals surface area contributed by atoms with Gasteiger partial charge in [-0.1, -0.05) is 19.1 Å². The fourth-order valence-electron chi connectivity index (χ4n) is 3.99. The summed E-state index contributed by atoms with van der Waals surface area (Å²) in [4.78, 5) is 41.5. The summed E-state index contributed by atoms with van der Waals surface area (Å²) in [7, 11) is -1.91. The lowest BCUT2D eigenvalue weighted by molar-refractivity contribution is 0.596. The first kappa shape index (κ1) is 25.8. The molecule has 0 spiro atoms. The van der Waals surface area contributed by atoms with Crippen molar-refractivity contribution in [1.29, 1.82) is 0 Å². The highest BCUT2D eigenvalue weighted by Crippen LogP contribution is 2.27. The van der Waals surface area contributed by atoms with E-state index in [-0.39, 0.29) is 45.2 Å². The largest absolute Gasteiger partial charge is 0.338 e. The Kier molecular flexibility index (Phi) is 6.92. The number of nitrogens with zero attached hydrogens (tertiary/aromatic N) is 2. The van der Waals surface area contributed by atoms with Crippen LogP contribution in [0, 0.1) is 16.3 Å². The Hall–Kier alpha value is -3.26. The molecule has 0 aliphatic heterocycles. The van der Waals surface area contributed by atoms with Crippen molar-refractivity contribution in [3.05, 3.63) is 94.2 Å². The monoisotopic (exact) mass is 624 g/mol. The Morgan fingerprint density at radius 3 is 2.50 bits per heavy atom. The molecule has 2 aromatic carbocycles. The number of H-pyrrole nitrogens is 1. The fraction of sp³-hybridized carbons (Fsp3) is 0.208. The second-order valence-corrected chi connectivity index (χ2v) is 11.9. The molecule has 0 saturated heterocycles. The molecule has 0 amide bonds. The van der Waals surface area contributed by atoms with Gasteiger partial charge in [0.05, 0.1) is 22.6 Å². The molecule has 0 unspecified atom stereocenters. The average Bonchev–Trinajstić information content (AvgIpc) is 2.81. The molecular weight excluding hydrogens is 602 g/mol. The third kappa shape index (κ3) is 4.74. The molecule has 0 aliphatic carbocycles. The van der Waals surface area contributed by atoms with E-state index < -0.39 is 32.5 Å². The molecule has 0 fully saturated rings. The van der Waals surface area contributed by atoms with Crippen LogP contribution in [0.25, 0.3) is 16.6 Å². The van der Waals surface area contributed by atoms with Gasteiger partial charge in [0.2, 0.25) is 0 Å². The second kappa shape index (κ2) is 9.65. The van der Waals surface area contributed by atoms with Gasteiger partial charge in [-0.25, -0.2) is 17.6 Å². The number of nitrogens with one attached hydrogen (secondary N) is 2. The quantitative estimate of drug-likeness (QED) is 0.318. The van der Waals surface area contributed by atoms with Crippen molar-refractivity contribution in [3.63, 3.8) is 0 Å². The number of sulfone groups is 1. The smallest absolute Gasteiger partial charge is 0.333 e. The minimum Gasteiger partial charge on any atom is -0.338 e. The molecule has 0 atom stereocenters. The summed E-state index contributed by atoms with van der Waals surface area (Å²) in [6, 6.07) is 10.8. The lowest BCUT2D eigenvalue weighted by Crippen LogP contribution is -2.34. The van der Waals surface area contributed by atoms with Crippen molar-refractivity contribution < 1.29 is 12.8 Å². The van der Waals surface area contributed by atoms with Crippen LogP contribution in [0.4, 0.5) is 15.9 Å². The molecule has 4 rings (SSSR count). The van der Waals surface area contributed by atoms with Gasteiger partial charge in [-0.05, 0) is 65.4 Å². The molecule has 0 bridgehead atoms. The van der Waals surface area contributed by atoms with Crippen LogP contribution in [-0.4, -0.2) is 28.3 Å². The van der Waals surface area contributed by atoms with Crippen molar-refractivity contribution in [3.8, 4) is 5.69 Å². The third-order valence-corrected chi connectivity index (χ3v) is 8.17. The Morgan fingerprint density at radius 2 is 1.83 bits per heavy atom. The summed E-state index contributed by atoms with van der Waals surface area (Å²) in [5.74, 6) is -0.858. The molecule has 0 radical (unpaired) electrons. The van der Waals surface area contributed by atoms with Gasteiger partial charge in [0, 0.05) is 21.9 Å². The Morgan fingerprint density at radius 1 is 1.11 bits per heavy atom. The van der Waals surface area contributed by atoms with E-state index in [0.717, 1.165) is 4.57 Å². The molecule has 4 aromatic rings. The summed E-state index contributed by atoms with van der Waals surface area (Å²) >= 11 is 1.96. The Labute approximate surface area is 218 Å². The SMILES string of the molecule is CCS(=O)(=O)Cc1cccc(-n2c(=O)[nH]c(=O)c3c(Nc4ccc(I)cc4F)n(C)c(=O)c(C)c32)c1. The highest BCUT2D eigenvalue weighted by atomic mass is 127. The number of fused-ring (bicyclic) bond motifs is 1. The minimum atomic E-state index is -3.34. The van der Waals surface area contributed by atoms with Crippen LogP contribution in [0.15, 0.2) is 56.8 Å². The van der Waals surface area contributed by atoms with E-state index in [2.05, 4.69) is 10.3 Å². The van der Waals surface area contributed by atoms with Gasteiger partial charge in [-0.2, -0.15) is 0 Å². The average molecular weight is 624 g/mol. The van der Waals surface area contributed by atoms with Gasteiger partial charge >= 0.3 is 5.69 Å². The molecule has 2 N–H and O–H groups in total. The first-order chi connectivity index (χ1) is 16.9. The first-order valence-corrected chi connectivity index (χ1v) is 13.7. The van der Waals surface area contributed by atoms with Gasteiger partial charge in [-0.3, -0.25) is 23.7 Å². The molecular formula is C24H22FIN4O5S. The van der Waals surface area contributed by atoms with Gasteiger partial charge in [0.15, 0.2) is 9.84 Å². The van der Waals surface area contributed by atoms with E-state index in [0.29, 0.717) is 9.13 Å². The molecule has 9 nitrogen and oxygen atoms in total. The van der Waals surface area contributed by atoms with Crippen LogP contribution in [0.3, 0.4) is 0 Å². The number of aromatic nitrogens is 3. The topological polar surface area (TPSA) is 123 Å². The number of pyridine rings is 1. The van der Waals surface area contributed by atoms with Crippen LogP contribution < -0.4 is 22.1 Å². The van der Waals surface area contributed by atoms with Gasteiger partial charge < -0.3 is 5.32 Å². The van der Waals surface area contributed by atoms with Crippen molar-refractivity contribution in [1.82, 2.24) is 14.1 Å². The zero-order valence-electron chi connectivity index (χ0n) is 19.6. The number of hydrogen-bond acceptors (Lipinski definition) is 6. The number of anilines is 2. The molecule has 0 saturated carbocycles.